The summed E-state index contributed by atoms with van der Waals surface area (Å²) in [4.78, 5) is 4.97. The largest absolute Gasteiger partial charge is 0.310 e. The quantitative estimate of drug-likeness (QED) is 0.159. The van der Waals surface area contributed by atoms with Crippen LogP contribution in [0.4, 0.5) is 34.1 Å². The number of nitrogens with zero attached hydrogens (tertiary/aromatic N) is 2. The zero-order valence-corrected chi connectivity index (χ0v) is 37.4. The van der Waals surface area contributed by atoms with Gasteiger partial charge in [-0.2, -0.15) is 0 Å². The Hall–Kier alpha value is -8.72. The van der Waals surface area contributed by atoms with Gasteiger partial charge in [0.1, 0.15) is 0 Å². The van der Waals surface area contributed by atoms with E-state index in [0.717, 1.165) is 24.2 Å². The molecule has 0 saturated heterocycles. The van der Waals surface area contributed by atoms with Crippen molar-refractivity contribution in [3.8, 4) is 33.4 Å². The Kier molecular flexibility index (Phi) is 8.75. The number of rotatable bonds is 5. The predicted molar refractivity (Wildman–Crippen MR) is 288 cm³/mol. The Labute approximate surface area is 396 Å². The average Bonchev–Trinajstić information content (AvgIpc) is 3.40. The van der Waals surface area contributed by atoms with Crippen LogP contribution in [0.1, 0.15) is 22.3 Å². The van der Waals surface area contributed by atoms with Crippen molar-refractivity contribution >= 4 is 77.2 Å². The maximum atomic E-state index is 2.49. The first-order chi connectivity index (χ1) is 33.7. The van der Waals surface area contributed by atoms with Crippen LogP contribution in [0, 0.1) is 0 Å². The lowest BCUT2D eigenvalue weighted by Crippen LogP contribution is -2.18. The van der Waals surface area contributed by atoms with E-state index in [-0.39, 0.29) is 0 Å². The highest BCUT2D eigenvalue weighted by Crippen LogP contribution is 2.52. The van der Waals surface area contributed by atoms with Gasteiger partial charge < -0.3 is 9.80 Å². The molecule has 2 aliphatic rings. The number of anilines is 6. The summed E-state index contributed by atoms with van der Waals surface area (Å²) in [6, 6.07) is 90.6. The SMILES string of the molecule is c1ccc2c(c1)Cc1ccccc1N2c1ccc2c(-c3ccccc3-c3cccc4ccccc34)c3cc(N4c5ccccc5Cc5ccccc54)ccc3c(-c3ccc4ccccc4c3)c2c1. The smallest absolute Gasteiger partial charge is 0.0497 e. The van der Waals surface area contributed by atoms with Crippen LogP contribution in [0.5, 0.6) is 0 Å². The highest BCUT2D eigenvalue weighted by molar-refractivity contribution is 6.24. The maximum absolute atomic E-state index is 2.49. The number of para-hydroxylation sites is 4. The van der Waals surface area contributed by atoms with Gasteiger partial charge >= 0.3 is 0 Å². The van der Waals surface area contributed by atoms with Gasteiger partial charge in [-0.25, -0.2) is 0 Å². The van der Waals surface area contributed by atoms with E-state index in [9.17, 15) is 0 Å². The zero-order chi connectivity index (χ0) is 44.7. The summed E-state index contributed by atoms with van der Waals surface area (Å²) in [6.07, 6.45) is 1.82. The maximum Gasteiger partial charge on any atom is 0.0497 e. The van der Waals surface area contributed by atoms with Crippen LogP contribution in [0.15, 0.2) is 243 Å². The molecule has 0 N–H and O–H groups in total. The molecule has 12 aromatic carbocycles. The number of hydrogen-bond acceptors (Lipinski definition) is 2. The molecular weight excluding hydrogens is 821 g/mol. The first-order valence-corrected chi connectivity index (χ1v) is 23.8. The molecule has 2 aliphatic heterocycles. The van der Waals surface area contributed by atoms with Crippen LogP contribution in [0.2, 0.25) is 0 Å². The Balaban J connectivity index is 1.12. The molecule has 0 aromatic heterocycles. The van der Waals surface area contributed by atoms with Crippen molar-refractivity contribution in [1.82, 2.24) is 0 Å². The fraction of sp³-hybridized carbons (Fsp3) is 0.0303. The van der Waals surface area contributed by atoms with Gasteiger partial charge in [0.15, 0.2) is 0 Å². The first kappa shape index (κ1) is 38.5. The average molecular weight is 865 g/mol. The van der Waals surface area contributed by atoms with E-state index in [4.69, 9.17) is 0 Å². The number of benzene rings is 12. The number of fused-ring (bicyclic) bond motifs is 8. The Bertz CT molecular complexity index is 3910. The van der Waals surface area contributed by atoms with Crippen molar-refractivity contribution in [1.29, 1.82) is 0 Å². The summed E-state index contributed by atoms with van der Waals surface area (Å²) in [5.41, 5.74) is 19.8. The molecule has 0 amide bonds. The van der Waals surface area contributed by atoms with Gasteiger partial charge in [0.2, 0.25) is 0 Å². The monoisotopic (exact) mass is 864 g/mol. The molecule has 2 heteroatoms. The molecule has 0 radical (unpaired) electrons. The summed E-state index contributed by atoms with van der Waals surface area (Å²) >= 11 is 0. The molecule has 0 unspecified atom stereocenters. The number of hydrogen-bond donors (Lipinski definition) is 0. The van der Waals surface area contributed by atoms with Crippen LogP contribution in [-0.4, -0.2) is 0 Å². The minimum absolute atomic E-state index is 0.908. The van der Waals surface area contributed by atoms with Crippen LogP contribution < -0.4 is 9.80 Å². The van der Waals surface area contributed by atoms with E-state index in [0.29, 0.717) is 0 Å². The minimum Gasteiger partial charge on any atom is -0.310 e. The van der Waals surface area contributed by atoms with Gasteiger partial charge in [0.25, 0.3) is 0 Å². The van der Waals surface area contributed by atoms with Gasteiger partial charge in [-0.1, -0.05) is 188 Å². The van der Waals surface area contributed by atoms with Crippen molar-refractivity contribution in [2.24, 2.45) is 0 Å². The Morgan fingerprint density at radius 3 is 1.29 bits per heavy atom. The summed E-state index contributed by atoms with van der Waals surface area (Å²) in [5, 5.41) is 9.81. The van der Waals surface area contributed by atoms with E-state index in [1.807, 2.05) is 0 Å². The van der Waals surface area contributed by atoms with Crippen molar-refractivity contribution in [3.63, 3.8) is 0 Å². The lowest BCUT2D eigenvalue weighted by Gasteiger charge is -2.34. The molecule has 68 heavy (non-hydrogen) atoms. The van der Waals surface area contributed by atoms with Gasteiger partial charge in [-0.05, 0) is 153 Å². The van der Waals surface area contributed by atoms with Gasteiger partial charge in [-0.15, -0.1) is 0 Å². The summed E-state index contributed by atoms with van der Waals surface area (Å²) in [7, 11) is 0. The first-order valence-electron chi connectivity index (χ1n) is 23.8. The van der Waals surface area contributed by atoms with Crippen LogP contribution >= 0.6 is 0 Å². The van der Waals surface area contributed by atoms with Gasteiger partial charge in [0, 0.05) is 47.0 Å². The van der Waals surface area contributed by atoms with Crippen LogP contribution in [-0.2, 0) is 12.8 Å². The predicted octanol–water partition coefficient (Wildman–Crippen LogP) is 18.0. The summed E-state index contributed by atoms with van der Waals surface area (Å²) < 4.78 is 0. The summed E-state index contributed by atoms with van der Waals surface area (Å²) in [6.45, 7) is 0. The molecule has 0 saturated carbocycles. The Morgan fingerprint density at radius 2 is 0.691 bits per heavy atom. The third-order valence-corrected chi connectivity index (χ3v) is 14.6. The highest BCUT2D eigenvalue weighted by Gasteiger charge is 2.28. The lowest BCUT2D eigenvalue weighted by molar-refractivity contribution is 1.09. The topological polar surface area (TPSA) is 6.48 Å². The van der Waals surface area contributed by atoms with Crippen molar-refractivity contribution in [2.45, 2.75) is 12.8 Å². The molecule has 318 valence electrons. The molecule has 0 atom stereocenters. The van der Waals surface area contributed by atoms with Gasteiger partial charge in [0.05, 0.1) is 0 Å². The fourth-order valence-electron chi connectivity index (χ4n) is 11.6. The van der Waals surface area contributed by atoms with Crippen LogP contribution in [0.3, 0.4) is 0 Å². The van der Waals surface area contributed by atoms with E-state index < -0.39 is 0 Å². The third kappa shape index (κ3) is 6.04. The standard InChI is InChI=1S/C66H44N2/c1-2-18-45-38-50(33-32-43(45)16-1)65-57-36-34-52(68-63-30-13-6-21-48(63)40-49-22-7-14-31-64(49)68)42-60(57)66(56-26-10-9-25-55(56)54-27-15-23-44-17-3-8-24-53(44)54)58-37-35-51(41-59(58)65)67-61-28-11-4-19-46(61)39-47-20-5-12-29-62(47)67/h1-38,41-42H,39-40H2. The molecule has 0 fully saturated rings. The second kappa shape index (κ2) is 15.4. The van der Waals surface area contributed by atoms with Gasteiger partial charge in [-0.3, -0.25) is 0 Å². The zero-order valence-electron chi connectivity index (χ0n) is 37.4. The second-order valence-electron chi connectivity index (χ2n) is 18.4. The highest BCUT2D eigenvalue weighted by atomic mass is 15.2. The van der Waals surface area contributed by atoms with Crippen LogP contribution in [0.25, 0.3) is 76.5 Å². The third-order valence-electron chi connectivity index (χ3n) is 14.6. The molecule has 0 bridgehead atoms. The fourth-order valence-corrected chi connectivity index (χ4v) is 11.6. The second-order valence-corrected chi connectivity index (χ2v) is 18.4. The molecule has 2 heterocycles. The van der Waals surface area contributed by atoms with Crippen molar-refractivity contribution in [3.05, 3.63) is 265 Å². The van der Waals surface area contributed by atoms with E-state index in [1.165, 1.54) is 121 Å². The molecule has 0 spiro atoms. The molecule has 14 rings (SSSR count). The molecule has 2 nitrogen and oxygen atoms in total. The van der Waals surface area contributed by atoms with Crippen molar-refractivity contribution < 1.29 is 0 Å². The van der Waals surface area contributed by atoms with E-state index >= 15 is 0 Å². The Morgan fingerprint density at radius 1 is 0.250 bits per heavy atom. The summed E-state index contributed by atoms with van der Waals surface area (Å²) in [5.74, 6) is 0. The van der Waals surface area contributed by atoms with Crippen molar-refractivity contribution in [2.75, 3.05) is 9.80 Å². The molecule has 0 aliphatic carbocycles. The lowest BCUT2D eigenvalue weighted by atomic mass is 9.82. The normalized spacial score (nSPS) is 12.8. The van der Waals surface area contributed by atoms with E-state index in [2.05, 4.69) is 252 Å². The minimum atomic E-state index is 0.908. The van der Waals surface area contributed by atoms with E-state index in [1.54, 1.807) is 0 Å². The molecule has 12 aromatic rings. The molecular formula is C66H44N2.